The fourth-order valence-corrected chi connectivity index (χ4v) is 3.50. The van der Waals surface area contributed by atoms with E-state index in [2.05, 4.69) is 15.5 Å². The van der Waals surface area contributed by atoms with E-state index in [9.17, 15) is 14.3 Å². The number of nitrogens with zero attached hydrogens (tertiary/aromatic N) is 1. The number of hydrogen-bond acceptors (Lipinski definition) is 3. The number of aliphatic hydroxyl groups is 1. The van der Waals surface area contributed by atoms with Gasteiger partial charge in [0.15, 0.2) is 0 Å². The average Bonchev–Trinajstić information content (AvgIpc) is 3.07. The lowest BCUT2D eigenvalue weighted by Gasteiger charge is -2.26. The zero-order valence-electron chi connectivity index (χ0n) is 14.2. The Hall–Kier alpha value is -2.73. The smallest absolute Gasteiger partial charge is 0.251 e. The van der Waals surface area contributed by atoms with Crippen LogP contribution in [0.4, 0.5) is 4.39 Å². The molecule has 0 atom stereocenters. The van der Waals surface area contributed by atoms with Crippen molar-refractivity contribution in [2.75, 3.05) is 0 Å². The number of aromatic nitrogens is 2. The quantitative estimate of drug-likeness (QED) is 0.675. The first-order valence-corrected chi connectivity index (χ1v) is 8.83. The van der Waals surface area contributed by atoms with E-state index in [0.717, 1.165) is 36.6 Å². The first-order valence-electron chi connectivity index (χ1n) is 8.83. The number of H-pyrrole nitrogens is 1. The molecule has 1 amide bonds. The fraction of sp³-hybridized carbons (Fsp3) is 0.300. The Labute approximate surface area is 150 Å². The van der Waals surface area contributed by atoms with Crippen LogP contribution in [0.15, 0.2) is 42.5 Å². The Kier molecular flexibility index (Phi) is 4.42. The molecule has 3 aromatic rings. The van der Waals surface area contributed by atoms with Crippen LogP contribution in [0.1, 0.15) is 36.0 Å². The molecule has 2 aromatic carbocycles. The Morgan fingerprint density at radius 1 is 1.15 bits per heavy atom. The van der Waals surface area contributed by atoms with Gasteiger partial charge in [0.1, 0.15) is 11.5 Å². The van der Waals surface area contributed by atoms with Crippen molar-refractivity contribution in [2.24, 2.45) is 0 Å². The van der Waals surface area contributed by atoms with Crippen LogP contribution in [-0.4, -0.2) is 33.4 Å². The summed E-state index contributed by atoms with van der Waals surface area (Å²) >= 11 is 0. The first-order chi connectivity index (χ1) is 12.6. The van der Waals surface area contributed by atoms with Crippen molar-refractivity contribution in [3.05, 3.63) is 53.8 Å². The number of hydrogen-bond donors (Lipinski definition) is 3. The van der Waals surface area contributed by atoms with Gasteiger partial charge in [-0.05, 0) is 56.0 Å². The molecule has 0 aliphatic heterocycles. The summed E-state index contributed by atoms with van der Waals surface area (Å²) in [5, 5.41) is 20.6. The van der Waals surface area contributed by atoms with Crippen LogP contribution in [0.5, 0.6) is 0 Å². The van der Waals surface area contributed by atoms with Crippen LogP contribution in [0, 0.1) is 5.82 Å². The van der Waals surface area contributed by atoms with Crippen molar-refractivity contribution in [1.29, 1.82) is 0 Å². The lowest BCUT2D eigenvalue weighted by molar-refractivity contribution is 0.0868. The predicted molar refractivity (Wildman–Crippen MR) is 97.2 cm³/mol. The monoisotopic (exact) mass is 353 g/mol. The van der Waals surface area contributed by atoms with E-state index in [0.29, 0.717) is 16.8 Å². The van der Waals surface area contributed by atoms with Crippen molar-refractivity contribution >= 4 is 16.8 Å². The summed E-state index contributed by atoms with van der Waals surface area (Å²) in [5.74, 6) is -0.466. The Morgan fingerprint density at radius 3 is 2.73 bits per heavy atom. The number of carbonyl (C=O) groups is 1. The molecule has 0 radical (unpaired) electrons. The molecule has 1 fully saturated rings. The van der Waals surface area contributed by atoms with E-state index in [1.165, 1.54) is 12.1 Å². The number of halogens is 1. The second kappa shape index (κ2) is 6.88. The van der Waals surface area contributed by atoms with E-state index in [1.807, 2.05) is 6.07 Å². The molecule has 1 aromatic heterocycles. The molecular weight excluding hydrogens is 333 g/mol. The lowest BCUT2D eigenvalue weighted by Crippen LogP contribution is -2.38. The summed E-state index contributed by atoms with van der Waals surface area (Å²) in [7, 11) is 0. The van der Waals surface area contributed by atoms with Crippen LogP contribution in [0.25, 0.3) is 22.2 Å². The number of carbonyl (C=O) groups excluding carboxylic acids is 1. The number of aliphatic hydroxyl groups excluding tert-OH is 1. The van der Waals surface area contributed by atoms with Gasteiger partial charge in [-0.3, -0.25) is 9.89 Å². The third kappa shape index (κ3) is 3.32. The van der Waals surface area contributed by atoms with E-state index in [1.54, 1.807) is 24.3 Å². The summed E-state index contributed by atoms with van der Waals surface area (Å²) in [6, 6.07) is 11.7. The second-order valence-electron chi connectivity index (χ2n) is 6.82. The highest BCUT2D eigenvalue weighted by Crippen LogP contribution is 2.27. The van der Waals surface area contributed by atoms with Crippen LogP contribution in [0.2, 0.25) is 0 Å². The molecule has 1 aliphatic carbocycles. The first kappa shape index (κ1) is 16.7. The molecule has 0 spiro atoms. The molecule has 3 N–H and O–H groups in total. The number of benzene rings is 2. The minimum absolute atomic E-state index is 0.0913. The van der Waals surface area contributed by atoms with Crippen molar-refractivity contribution in [1.82, 2.24) is 15.5 Å². The Bertz CT molecular complexity index is 945. The molecule has 0 unspecified atom stereocenters. The molecule has 1 heterocycles. The van der Waals surface area contributed by atoms with Gasteiger partial charge in [-0.25, -0.2) is 4.39 Å². The summed E-state index contributed by atoms with van der Waals surface area (Å²) in [6.45, 7) is 0. The van der Waals surface area contributed by atoms with Crippen molar-refractivity contribution in [3.8, 4) is 11.3 Å². The third-order valence-corrected chi connectivity index (χ3v) is 4.96. The minimum Gasteiger partial charge on any atom is -0.393 e. The summed E-state index contributed by atoms with van der Waals surface area (Å²) in [6.07, 6.45) is 2.76. The number of rotatable bonds is 3. The average molecular weight is 353 g/mol. The largest absolute Gasteiger partial charge is 0.393 e. The van der Waals surface area contributed by atoms with Gasteiger partial charge in [-0.15, -0.1) is 0 Å². The predicted octanol–water partition coefficient (Wildman–Crippen LogP) is 3.40. The normalized spacial score (nSPS) is 20.2. The summed E-state index contributed by atoms with van der Waals surface area (Å²) < 4.78 is 13.5. The zero-order chi connectivity index (χ0) is 18.1. The summed E-state index contributed by atoms with van der Waals surface area (Å²) in [4.78, 5) is 12.6. The van der Waals surface area contributed by atoms with E-state index >= 15 is 0 Å². The molecule has 134 valence electrons. The van der Waals surface area contributed by atoms with Crippen LogP contribution < -0.4 is 5.32 Å². The van der Waals surface area contributed by atoms with E-state index < -0.39 is 0 Å². The Balaban J connectivity index is 1.60. The van der Waals surface area contributed by atoms with Gasteiger partial charge in [0.05, 0.1) is 11.6 Å². The topological polar surface area (TPSA) is 78.0 Å². The van der Waals surface area contributed by atoms with Crippen LogP contribution >= 0.6 is 0 Å². The molecule has 1 aliphatic rings. The Morgan fingerprint density at radius 2 is 1.96 bits per heavy atom. The number of nitrogens with one attached hydrogen (secondary N) is 2. The molecule has 0 saturated heterocycles. The van der Waals surface area contributed by atoms with Gasteiger partial charge in [-0.2, -0.15) is 5.10 Å². The van der Waals surface area contributed by atoms with Crippen LogP contribution in [0.3, 0.4) is 0 Å². The third-order valence-electron chi connectivity index (χ3n) is 4.96. The van der Waals surface area contributed by atoms with E-state index in [4.69, 9.17) is 0 Å². The summed E-state index contributed by atoms with van der Waals surface area (Å²) in [5.41, 5.74) is 2.62. The maximum Gasteiger partial charge on any atom is 0.251 e. The standard InChI is InChI=1S/C20H20FN3O2/c21-14-3-1-2-12(10-14)19-17-11-13(4-9-18(17)23-24-19)20(26)22-15-5-7-16(25)8-6-15/h1-4,9-11,15-16,25H,5-8H2,(H,22,26)(H,23,24)/t15-,16-. The highest BCUT2D eigenvalue weighted by molar-refractivity contribution is 6.01. The van der Waals surface area contributed by atoms with Crippen molar-refractivity contribution in [3.63, 3.8) is 0 Å². The minimum atomic E-state index is -0.327. The molecule has 0 bridgehead atoms. The highest BCUT2D eigenvalue weighted by Gasteiger charge is 2.21. The zero-order valence-corrected chi connectivity index (χ0v) is 14.2. The van der Waals surface area contributed by atoms with Gasteiger partial charge < -0.3 is 10.4 Å². The molecular formula is C20H20FN3O2. The molecule has 26 heavy (non-hydrogen) atoms. The van der Waals surface area contributed by atoms with Gasteiger partial charge in [0, 0.05) is 22.6 Å². The van der Waals surface area contributed by atoms with Gasteiger partial charge in [0.2, 0.25) is 0 Å². The molecule has 5 nitrogen and oxygen atoms in total. The van der Waals surface area contributed by atoms with Gasteiger partial charge in [0.25, 0.3) is 5.91 Å². The molecule has 6 heteroatoms. The fourth-order valence-electron chi connectivity index (χ4n) is 3.50. The number of amides is 1. The number of fused-ring (bicyclic) bond motifs is 1. The molecule has 1 saturated carbocycles. The molecule has 4 rings (SSSR count). The number of aromatic amines is 1. The van der Waals surface area contributed by atoms with Crippen molar-refractivity contribution in [2.45, 2.75) is 37.8 Å². The maximum absolute atomic E-state index is 13.5. The van der Waals surface area contributed by atoms with E-state index in [-0.39, 0.29) is 23.9 Å². The van der Waals surface area contributed by atoms with Crippen molar-refractivity contribution < 1.29 is 14.3 Å². The highest BCUT2D eigenvalue weighted by atomic mass is 19.1. The lowest BCUT2D eigenvalue weighted by atomic mass is 9.93. The van der Waals surface area contributed by atoms with Gasteiger partial charge in [-0.1, -0.05) is 12.1 Å². The second-order valence-corrected chi connectivity index (χ2v) is 6.82. The van der Waals surface area contributed by atoms with Gasteiger partial charge >= 0.3 is 0 Å². The van der Waals surface area contributed by atoms with Crippen LogP contribution in [-0.2, 0) is 0 Å². The SMILES string of the molecule is O=C(N[C@H]1CC[C@H](O)CC1)c1ccc2[nH]nc(-c3cccc(F)c3)c2c1. The maximum atomic E-state index is 13.5.